The van der Waals surface area contributed by atoms with Crippen LogP contribution in [0, 0.1) is 0 Å². The fraction of sp³-hybridized carbons (Fsp3) is 0.391. The Hall–Kier alpha value is -3.42. The number of carboxylic acid groups (broad SMARTS) is 1. The number of carbonyl (C=O) groups excluding carboxylic acids is 1. The monoisotopic (exact) mass is 421 g/mol. The van der Waals surface area contributed by atoms with Gasteiger partial charge in [0.15, 0.2) is 5.65 Å². The third-order valence-electron chi connectivity index (χ3n) is 5.79. The van der Waals surface area contributed by atoms with Gasteiger partial charge in [0.25, 0.3) is 5.91 Å². The third kappa shape index (κ3) is 4.52. The number of nitrogens with zero attached hydrogens (tertiary/aromatic N) is 3. The number of carbonyl (C=O) groups is 2. The second-order valence-corrected chi connectivity index (χ2v) is 7.91. The lowest BCUT2D eigenvalue weighted by Crippen LogP contribution is -2.27. The van der Waals surface area contributed by atoms with Crippen molar-refractivity contribution in [2.45, 2.75) is 58.2 Å². The van der Waals surface area contributed by atoms with Crippen molar-refractivity contribution in [3.05, 3.63) is 53.3 Å². The lowest BCUT2D eigenvalue weighted by Gasteiger charge is -2.25. The number of aryl methyl sites for hydroxylation is 1. The third-order valence-corrected chi connectivity index (χ3v) is 5.79. The quantitative estimate of drug-likeness (QED) is 0.535. The van der Waals surface area contributed by atoms with Gasteiger partial charge in [-0.05, 0) is 37.5 Å². The Labute approximate surface area is 180 Å². The molecule has 8 nitrogen and oxygen atoms in total. The van der Waals surface area contributed by atoms with Crippen LogP contribution in [0.5, 0.6) is 0 Å². The van der Waals surface area contributed by atoms with Crippen LogP contribution in [0.4, 0.5) is 5.69 Å². The minimum Gasteiger partial charge on any atom is -0.478 e. The molecule has 0 bridgehead atoms. The van der Waals surface area contributed by atoms with Crippen molar-refractivity contribution < 1.29 is 14.7 Å². The first kappa shape index (κ1) is 20.8. The summed E-state index contributed by atoms with van der Waals surface area (Å²) < 4.78 is 1.82. The molecule has 162 valence electrons. The van der Waals surface area contributed by atoms with E-state index in [-0.39, 0.29) is 18.0 Å². The van der Waals surface area contributed by atoms with Gasteiger partial charge in [-0.1, -0.05) is 31.4 Å². The van der Waals surface area contributed by atoms with Crippen LogP contribution in [-0.4, -0.2) is 37.8 Å². The number of hydrogen-bond donors (Lipinski definition) is 3. The van der Waals surface area contributed by atoms with Gasteiger partial charge in [0.1, 0.15) is 0 Å². The standard InChI is InChI=1S/C23H27N5O3/c1-2-28-21-18(14-26-28)20(27-17-9-4-3-5-10-17)19(13-24-21)22(29)25-12-15-7-6-8-16(11-15)23(30)31/h6-8,11,13-14,17H,2-5,9-10,12H2,1H3,(H,24,27)(H,25,29)(H,30,31). The van der Waals surface area contributed by atoms with Crippen molar-refractivity contribution >= 4 is 28.6 Å². The van der Waals surface area contributed by atoms with Crippen molar-refractivity contribution in [1.82, 2.24) is 20.1 Å². The largest absolute Gasteiger partial charge is 0.478 e. The zero-order valence-corrected chi connectivity index (χ0v) is 17.6. The lowest BCUT2D eigenvalue weighted by molar-refractivity contribution is 0.0696. The number of carboxylic acids is 1. The Morgan fingerprint density at radius 2 is 2.00 bits per heavy atom. The van der Waals surface area contributed by atoms with E-state index < -0.39 is 5.97 Å². The summed E-state index contributed by atoms with van der Waals surface area (Å²) in [7, 11) is 0. The number of nitrogens with one attached hydrogen (secondary N) is 2. The van der Waals surface area contributed by atoms with Crippen LogP contribution >= 0.6 is 0 Å². The molecular weight excluding hydrogens is 394 g/mol. The molecule has 0 spiro atoms. The smallest absolute Gasteiger partial charge is 0.335 e. The molecule has 1 amide bonds. The molecule has 3 N–H and O–H groups in total. The zero-order valence-electron chi connectivity index (χ0n) is 17.6. The Morgan fingerprint density at radius 1 is 1.19 bits per heavy atom. The first-order valence-corrected chi connectivity index (χ1v) is 10.8. The number of rotatable bonds is 7. The van der Waals surface area contributed by atoms with Crippen LogP contribution in [-0.2, 0) is 13.1 Å². The molecule has 3 aromatic rings. The molecule has 1 fully saturated rings. The van der Waals surface area contributed by atoms with Crippen LogP contribution in [0.1, 0.15) is 65.3 Å². The highest BCUT2D eigenvalue weighted by Gasteiger charge is 2.22. The molecule has 1 saturated carbocycles. The first-order valence-electron chi connectivity index (χ1n) is 10.8. The van der Waals surface area contributed by atoms with E-state index in [1.54, 1.807) is 30.6 Å². The van der Waals surface area contributed by atoms with Crippen LogP contribution in [0.3, 0.4) is 0 Å². The second kappa shape index (κ2) is 9.16. The number of pyridine rings is 1. The molecule has 0 radical (unpaired) electrons. The lowest BCUT2D eigenvalue weighted by atomic mass is 9.95. The molecule has 0 atom stereocenters. The molecule has 2 heterocycles. The molecule has 1 aliphatic carbocycles. The Morgan fingerprint density at radius 3 is 2.74 bits per heavy atom. The molecule has 0 unspecified atom stereocenters. The van der Waals surface area contributed by atoms with Crippen LogP contribution in [0.15, 0.2) is 36.7 Å². The summed E-state index contributed by atoms with van der Waals surface area (Å²) in [5, 5.41) is 20.9. The molecule has 1 aromatic carbocycles. The highest BCUT2D eigenvalue weighted by Crippen LogP contribution is 2.30. The maximum absolute atomic E-state index is 13.1. The SMILES string of the molecule is CCn1ncc2c(NC3CCCCC3)c(C(=O)NCc3cccc(C(=O)O)c3)cnc21. The molecule has 4 rings (SSSR count). The number of anilines is 1. The molecule has 0 aliphatic heterocycles. The Balaban J connectivity index is 1.60. The molecule has 31 heavy (non-hydrogen) atoms. The van der Waals surface area contributed by atoms with Crippen molar-refractivity contribution in [3.63, 3.8) is 0 Å². The van der Waals surface area contributed by atoms with Crippen molar-refractivity contribution in [3.8, 4) is 0 Å². The van der Waals surface area contributed by atoms with E-state index in [4.69, 9.17) is 5.11 Å². The van der Waals surface area contributed by atoms with Crippen molar-refractivity contribution in [2.24, 2.45) is 0 Å². The normalized spacial score (nSPS) is 14.5. The summed E-state index contributed by atoms with van der Waals surface area (Å²) in [5.41, 5.74) is 2.92. The van der Waals surface area contributed by atoms with Crippen molar-refractivity contribution in [1.29, 1.82) is 0 Å². The fourth-order valence-corrected chi connectivity index (χ4v) is 4.13. The minimum absolute atomic E-state index is 0.196. The molecule has 2 aromatic heterocycles. The predicted octanol–water partition coefficient (Wildman–Crippen LogP) is 3.82. The zero-order chi connectivity index (χ0) is 21.8. The fourth-order valence-electron chi connectivity index (χ4n) is 4.13. The van der Waals surface area contributed by atoms with Gasteiger partial charge in [-0.25, -0.2) is 14.5 Å². The van der Waals surface area contributed by atoms with Gasteiger partial charge in [-0.15, -0.1) is 0 Å². The molecule has 8 heteroatoms. The molecule has 0 saturated heterocycles. The van der Waals surface area contributed by atoms with Gasteiger partial charge in [-0.3, -0.25) is 4.79 Å². The Kier molecular flexibility index (Phi) is 6.16. The van der Waals surface area contributed by atoms with Crippen LogP contribution in [0.25, 0.3) is 11.0 Å². The second-order valence-electron chi connectivity index (χ2n) is 7.91. The predicted molar refractivity (Wildman–Crippen MR) is 118 cm³/mol. The highest BCUT2D eigenvalue weighted by molar-refractivity contribution is 6.06. The maximum atomic E-state index is 13.1. The van der Waals surface area contributed by atoms with E-state index in [1.807, 2.05) is 11.6 Å². The number of benzene rings is 1. The van der Waals surface area contributed by atoms with E-state index in [0.717, 1.165) is 35.1 Å². The molecular formula is C23H27N5O3. The van der Waals surface area contributed by atoms with Crippen molar-refractivity contribution in [2.75, 3.05) is 5.32 Å². The first-order chi connectivity index (χ1) is 15.1. The van der Waals surface area contributed by atoms with Gasteiger partial charge >= 0.3 is 5.97 Å². The average Bonchev–Trinajstić information content (AvgIpc) is 3.22. The summed E-state index contributed by atoms with van der Waals surface area (Å²) in [5.74, 6) is -1.24. The van der Waals surface area contributed by atoms with E-state index >= 15 is 0 Å². The van der Waals surface area contributed by atoms with E-state index in [9.17, 15) is 9.59 Å². The topological polar surface area (TPSA) is 109 Å². The minimum atomic E-state index is -0.991. The summed E-state index contributed by atoms with van der Waals surface area (Å²) in [6.07, 6.45) is 9.14. The average molecular weight is 422 g/mol. The number of aromatic carboxylic acids is 1. The van der Waals surface area contributed by atoms with Gasteiger partial charge in [0.2, 0.25) is 0 Å². The van der Waals surface area contributed by atoms with Gasteiger partial charge in [0, 0.05) is 25.3 Å². The summed E-state index contributed by atoms with van der Waals surface area (Å²) in [6.45, 7) is 2.94. The summed E-state index contributed by atoms with van der Waals surface area (Å²) in [4.78, 5) is 28.8. The maximum Gasteiger partial charge on any atom is 0.335 e. The molecule has 1 aliphatic rings. The van der Waals surface area contributed by atoms with E-state index in [2.05, 4.69) is 20.7 Å². The van der Waals surface area contributed by atoms with E-state index in [1.165, 1.54) is 25.3 Å². The van der Waals surface area contributed by atoms with E-state index in [0.29, 0.717) is 18.2 Å². The van der Waals surface area contributed by atoms with Gasteiger partial charge in [0.05, 0.1) is 28.4 Å². The Bertz CT molecular complexity index is 1100. The highest BCUT2D eigenvalue weighted by atomic mass is 16.4. The summed E-state index contributed by atoms with van der Waals surface area (Å²) in [6, 6.07) is 6.89. The number of hydrogen-bond acceptors (Lipinski definition) is 5. The summed E-state index contributed by atoms with van der Waals surface area (Å²) >= 11 is 0. The number of fused-ring (bicyclic) bond motifs is 1. The van der Waals surface area contributed by atoms with Gasteiger partial charge < -0.3 is 15.7 Å². The van der Waals surface area contributed by atoms with Crippen LogP contribution < -0.4 is 10.6 Å². The number of aromatic nitrogens is 3. The van der Waals surface area contributed by atoms with Gasteiger partial charge in [-0.2, -0.15) is 5.10 Å². The van der Waals surface area contributed by atoms with Crippen LogP contribution in [0.2, 0.25) is 0 Å². The number of amides is 1.